The van der Waals surface area contributed by atoms with Crippen molar-refractivity contribution in [2.24, 2.45) is 0 Å². The molecule has 0 amide bonds. The zero-order chi connectivity index (χ0) is 11.3. The van der Waals surface area contributed by atoms with Crippen LogP contribution in [0.4, 0.5) is 0 Å². The second kappa shape index (κ2) is 5.18. The molecule has 80 valence electrons. The molecule has 1 atom stereocenters. The van der Waals surface area contributed by atoms with Crippen molar-refractivity contribution in [1.82, 2.24) is 5.32 Å². The fraction of sp³-hybridized carbons (Fsp3) is 0.571. The van der Waals surface area contributed by atoms with Crippen LogP contribution < -0.4 is 5.32 Å². The van der Waals surface area contributed by atoms with Crippen molar-refractivity contribution in [2.75, 3.05) is 0 Å². The highest BCUT2D eigenvalue weighted by Crippen LogP contribution is 1.95. The normalized spacial score (nSPS) is 12.4. The van der Waals surface area contributed by atoms with Gasteiger partial charge >= 0.3 is 17.9 Å². The van der Waals surface area contributed by atoms with Crippen molar-refractivity contribution in [1.29, 1.82) is 0 Å². The minimum Gasteiger partial charge on any atom is -0.480 e. The van der Waals surface area contributed by atoms with Gasteiger partial charge in [0.25, 0.3) is 0 Å². The molecule has 0 spiro atoms. The first kappa shape index (κ1) is 12.4. The summed E-state index contributed by atoms with van der Waals surface area (Å²) in [6, 6.07) is -3.07. The van der Waals surface area contributed by atoms with E-state index in [1.807, 2.05) is 5.32 Å². The summed E-state index contributed by atoms with van der Waals surface area (Å²) in [5, 5.41) is 27.4. The van der Waals surface area contributed by atoms with Gasteiger partial charge in [0.15, 0.2) is 0 Å². The quantitative estimate of drug-likeness (QED) is 0.409. The predicted octanol–water partition coefficient (Wildman–Crippen LogP) is -1.02. The Morgan fingerprint density at radius 3 is 1.71 bits per heavy atom. The topological polar surface area (TPSA) is 124 Å². The van der Waals surface area contributed by atoms with Crippen LogP contribution in [0, 0.1) is 0 Å². The summed E-state index contributed by atoms with van der Waals surface area (Å²) in [6.07, 6.45) is 0.104. The standard InChI is InChI=1S/C7H11NO6/c1-2-3(5(9)10)8-4(6(11)12)7(13)14/h3-4,8H,2H2,1H3,(H,9,10)(H,11,12)(H,13,14). The molecule has 1 unspecified atom stereocenters. The van der Waals surface area contributed by atoms with Gasteiger partial charge in [-0.15, -0.1) is 0 Å². The molecular weight excluding hydrogens is 194 g/mol. The molecule has 0 aromatic carbocycles. The molecule has 0 aliphatic rings. The van der Waals surface area contributed by atoms with Crippen LogP contribution in [-0.2, 0) is 14.4 Å². The summed E-state index contributed by atoms with van der Waals surface area (Å²) in [4.78, 5) is 31.2. The second-order valence-corrected chi connectivity index (χ2v) is 2.58. The van der Waals surface area contributed by atoms with E-state index in [1.54, 1.807) is 0 Å². The maximum Gasteiger partial charge on any atom is 0.332 e. The molecule has 7 nitrogen and oxygen atoms in total. The second-order valence-electron chi connectivity index (χ2n) is 2.58. The molecule has 0 rings (SSSR count). The first-order chi connectivity index (χ1) is 6.40. The molecule has 14 heavy (non-hydrogen) atoms. The predicted molar refractivity (Wildman–Crippen MR) is 43.9 cm³/mol. The largest absolute Gasteiger partial charge is 0.480 e. The Morgan fingerprint density at radius 2 is 1.50 bits per heavy atom. The molecule has 0 bridgehead atoms. The van der Waals surface area contributed by atoms with Crippen molar-refractivity contribution in [3.05, 3.63) is 0 Å². The Bertz CT molecular complexity index is 237. The van der Waals surface area contributed by atoms with E-state index in [2.05, 4.69) is 0 Å². The van der Waals surface area contributed by atoms with E-state index in [9.17, 15) is 14.4 Å². The lowest BCUT2D eigenvalue weighted by atomic mass is 10.2. The van der Waals surface area contributed by atoms with Gasteiger partial charge < -0.3 is 15.3 Å². The smallest absolute Gasteiger partial charge is 0.332 e. The zero-order valence-corrected chi connectivity index (χ0v) is 7.43. The summed E-state index contributed by atoms with van der Waals surface area (Å²) < 4.78 is 0. The number of carboxylic acid groups (broad SMARTS) is 3. The van der Waals surface area contributed by atoms with Crippen molar-refractivity contribution in [3.8, 4) is 0 Å². The minimum atomic E-state index is -1.89. The number of hydrogen-bond acceptors (Lipinski definition) is 4. The maximum atomic E-state index is 10.5. The van der Waals surface area contributed by atoms with E-state index < -0.39 is 30.0 Å². The molecule has 0 aromatic heterocycles. The molecule has 0 heterocycles. The van der Waals surface area contributed by atoms with Crippen LogP contribution in [0.25, 0.3) is 0 Å². The Morgan fingerprint density at radius 1 is 1.07 bits per heavy atom. The van der Waals surface area contributed by atoms with Gasteiger partial charge in [-0.05, 0) is 6.42 Å². The summed E-state index contributed by atoms with van der Waals surface area (Å²) in [7, 11) is 0. The highest BCUT2D eigenvalue weighted by Gasteiger charge is 2.30. The van der Waals surface area contributed by atoms with E-state index in [4.69, 9.17) is 15.3 Å². The third-order valence-corrected chi connectivity index (χ3v) is 1.57. The SMILES string of the molecule is CCC(NC(C(=O)O)C(=O)O)C(=O)O. The lowest BCUT2D eigenvalue weighted by molar-refractivity contribution is -0.152. The van der Waals surface area contributed by atoms with Crippen LogP contribution in [0.5, 0.6) is 0 Å². The fourth-order valence-electron chi connectivity index (χ4n) is 0.813. The van der Waals surface area contributed by atoms with Crippen molar-refractivity contribution in [3.63, 3.8) is 0 Å². The Hall–Kier alpha value is -1.63. The lowest BCUT2D eigenvalue weighted by Gasteiger charge is -2.15. The molecule has 0 aliphatic carbocycles. The minimum absolute atomic E-state index is 0.104. The molecule has 0 aromatic rings. The summed E-state index contributed by atoms with van der Waals surface area (Å²) >= 11 is 0. The highest BCUT2D eigenvalue weighted by molar-refractivity contribution is 5.97. The molecule has 4 N–H and O–H groups in total. The van der Waals surface area contributed by atoms with Crippen LogP contribution in [0.2, 0.25) is 0 Å². The molecule has 0 saturated heterocycles. The monoisotopic (exact) mass is 205 g/mol. The van der Waals surface area contributed by atoms with Crippen molar-refractivity contribution < 1.29 is 29.7 Å². The summed E-state index contributed by atoms with van der Waals surface area (Å²) in [5.41, 5.74) is 0. The van der Waals surface area contributed by atoms with Crippen LogP contribution in [-0.4, -0.2) is 45.3 Å². The van der Waals surface area contributed by atoms with Gasteiger partial charge in [0, 0.05) is 0 Å². The Balaban J connectivity index is 4.49. The average molecular weight is 205 g/mol. The number of aliphatic carboxylic acids is 3. The maximum absolute atomic E-state index is 10.5. The van der Waals surface area contributed by atoms with E-state index in [-0.39, 0.29) is 6.42 Å². The number of hydrogen-bond donors (Lipinski definition) is 4. The average Bonchev–Trinajstić information content (AvgIpc) is 2.03. The molecular formula is C7H11NO6. The molecule has 0 radical (unpaired) electrons. The van der Waals surface area contributed by atoms with Crippen LogP contribution in [0.3, 0.4) is 0 Å². The third kappa shape index (κ3) is 3.40. The van der Waals surface area contributed by atoms with Crippen LogP contribution in [0.1, 0.15) is 13.3 Å². The molecule has 0 fully saturated rings. The number of carbonyl (C=O) groups is 3. The number of rotatable bonds is 6. The Kier molecular flexibility index (Phi) is 4.57. The van der Waals surface area contributed by atoms with Crippen LogP contribution in [0.15, 0.2) is 0 Å². The van der Waals surface area contributed by atoms with Crippen molar-refractivity contribution >= 4 is 17.9 Å². The first-order valence-electron chi connectivity index (χ1n) is 3.84. The van der Waals surface area contributed by atoms with Crippen LogP contribution >= 0.6 is 0 Å². The zero-order valence-electron chi connectivity index (χ0n) is 7.43. The lowest BCUT2D eigenvalue weighted by Crippen LogP contribution is -2.50. The van der Waals surface area contributed by atoms with Gasteiger partial charge in [-0.2, -0.15) is 0 Å². The molecule has 7 heteroatoms. The van der Waals surface area contributed by atoms with Gasteiger partial charge in [-0.1, -0.05) is 6.92 Å². The van der Waals surface area contributed by atoms with E-state index in [0.717, 1.165) is 0 Å². The highest BCUT2D eigenvalue weighted by atomic mass is 16.4. The fourth-order valence-corrected chi connectivity index (χ4v) is 0.813. The third-order valence-electron chi connectivity index (χ3n) is 1.57. The number of carboxylic acids is 3. The summed E-state index contributed by atoms with van der Waals surface area (Å²) in [6.45, 7) is 1.51. The summed E-state index contributed by atoms with van der Waals surface area (Å²) in [5.74, 6) is -4.51. The van der Waals surface area contributed by atoms with Gasteiger partial charge in [0.1, 0.15) is 6.04 Å². The molecule has 0 aliphatic heterocycles. The van der Waals surface area contributed by atoms with Gasteiger partial charge in [0.05, 0.1) is 0 Å². The molecule has 0 saturated carbocycles. The Labute approximate surface area is 79.3 Å². The van der Waals surface area contributed by atoms with E-state index in [1.165, 1.54) is 6.92 Å². The number of nitrogens with one attached hydrogen (secondary N) is 1. The van der Waals surface area contributed by atoms with Gasteiger partial charge in [-0.25, -0.2) is 9.59 Å². The first-order valence-corrected chi connectivity index (χ1v) is 3.84. The van der Waals surface area contributed by atoms with E-state index in [0.29, 0.717) is 0 Å². The van der Waals surface area contributed by atoms with Crippen molar-refractivity contribution in [2.45, 2.75) is 25.4 Å². The van der Waals surface area contributed by atoms with Gasteiger partial charge in [0.2, 0.25) is 6.04 Å². The van der Waals surface area contributed by atoms with Gasteiger partial charge in [-0.3, -0.25) is 10.1 Å². The van der Waals surface area contributed by atoms with E-state index >= 15 is 0 Å².